The third kappa shape index (κ3) is 3.88. The first-order valence-electron chi connectivity index (χ1n) is 15.5. The fourth-order valence-electron chi connectivity index (χ4n) is 7.14. The summed E-state index contributed by atoms with van der Waals surface area (Å²) in [6.45, 7) is 0. The molecule has 0 radical (unpaired) electrons. The average molecular weight is 670 g/mol. The summed E-state index contributed by atoms with van der Waals surface area (Å²) < 4.78 is 7.94. The molecule has 0 spiro atoms. The molecule has 0 unspecified atom stereocenters. The van der Waals surface area contributed by atoms with Gasteiger partial charge in [-0.1, -0.05) is 18.2 Å². The van der Waals surface area contributed by atoms with Crippen LogP contribution in [0.5, 0.6) is 0 Å². The third-order valence-electron chi connectivity index (χ3n) is 9.17. The van der Waals surface area contributed by atoms with Gasteiger partial charge in [-0.3, -0.25) is 0 Å². The van der Waals surface area contributed by atoms with E-state index in [1.807, 2.05) is 11.3 Å². The van der Waals surface area contributed by atoms with Crippen molar-refractivity contribution in [3.05, 3.63) is 158 Å². The first-order valence-corrected chi connectivity index (χ1v) is 18.1. The molecule has 3 aromatic heterocycles. The van der Waals surface area contributed by atoms with Crippen LogP contribution in [0.2, 0.25) is 0 Å². The van der Waals surface area contributed by atoms with Crippen molar-refractivity contribution < 1.29 is 0 Å². The van der Waals surface area contributed by atoms with E-state index in [1.54, 1.807) is 0 Å². The van der Waals surface area contributed by atoms with Crippen LogP contribution in [0.4, 0.5) is 17.1 Å². The van der Waals surface area contributed by atoms with Gasteiger partial charge in [0.15, 0.2) is 0 Å². The van der Waals surface area contributed by atoms with Gasteiger partial charge >= 0.3 is 259 Å². The van der Waals surface area contributed by atoms with Crippen LogP contribution < -0.4 is 4.90 Å². The van der Waals surface area contributed by atoms with Gasteiger partial charge in [0.05, 0.1) is 0 Å². The van der Waals surface area contributed by atoms with Gasteiger partial charge in [-0.25, -0.2) is 0 Å². The van der Waals surface area contributed by atoms with Crippen LogP contribution in [-0.4, -0.2) is 19.1 Å². The molecule has 2 nitrogen and oxygen atoms in total. The Kier molecular flexibility index (Phi) is 5.79. The zero-order chi connectivity index (χ0) is 30.2. The number of benzene rings is 7. The Labute approximate surface area is 275 Å². The molecule has 0 aliphatic heterocycles. The Bertz CT molecular complexity index is 2770. The molecular weight excluding hydrogens is 644 g/mol. The number of para-hydroxylation sites is 2. The second-order valence-electron chi connectivity index (χ2n) is 11.8. The minimum atomic E-state index is 0.332. The van der Waals surface area contributed by atoms with Gasteiger partial charge in [0.25, 0.3) is 0 Å². The fourth-order valence-corrected chi connectivity index (χ4v) is 10.6. The van der Waals surface area contributed by atoms with Crippen molar-refractivity contribution in [2.24, 2.45) is 0 Å². The average Bonchev–Trinajstić information content (AvgIpc) is 3.78. The van der Waals surface area contributed by atoms with Gasteiger partial charge in [0.1, 0.15) is 0 Å². The van der Waals surface area contributed by atoms with Crippen molar-refractivity contribution in [1.29, 1.82) is 0 Å². The Morgan fingerprint density at radius 1 is 0.457 bits per heavy atom. The van der Waals surface area contributed by atoms with E-state index in [0.717, 1.165) is 5.69 Å². The van der Waals surface area contributed by atoms with E-state index in [9.17, 15) is 0 Å². The predicted octanol–water partition coefficient (Wildman–Crippen LogP) is 12.0. The van der Waals surface area contributed by atoms with Gasteiger partial charge in [0.2, 0.25) is 0 Å². The molecule has 46 heavy (non-hydrogen) atoms. The van der Waals surface area contributed by atoms with Crippen LogP contribution in [0.3, 0.4) is 0 Å². The minimum absolute atomic E-state index is 0.332. The molecule has 3 heterocycles. The topological polar surface area (TPSA) is 8.17 Å². The molecule has 0 saturated carbocycles. The normalized spacial score (nSPS) is 11.9. The number of rotatable bonds is 4. The second-order valence-corrected chi connectivity index (χ2v) is 15.1. The van der Waals surface area contributed by atoms with Crippen LogP contribution in [-0.2, 0) is 0 Å². The van der Waals surface area contributed by atoms with E-state index in [-0.39, 0.29) is 0 Å². The van der Waals surface area contributed by atoms with Crippen molar-refractivity contribution in [2.45, 2.75) is 0 Å². The van der Waals surface area contributed by atoms with Crippen molar-refractivity contribution in [3.8, 4) is 5.69 Å². The minimum Gasteiger partial charge on any atom is -0.0602 e. The SMILES string of the molecule is c1ccc(-n2c3ccccc3c3cc(N(c4ccc5[se]c6ccccc6c5c4)c4cccc5c4sc4ccccc45)ccc32)cc1. The summed E-state index contributed by atoms with van der Waals surface area (Å²) in [7, 11) is 0. The van der Waals surface area contributed by atoms with Gasteiger partial charge in [-0.15, -0.1) is 0 Å². The quantitative estimate of drug-likeness (QED) is 0.169. The molecule has 7 aromatic carbocycles. The van der Waals surface area contributed by atoms with Gasteiger partial charge < -0.3 is 0 Å². The van der Waals surface area contributed by atoms with Crippen LogP contribution in [0.1, 0.15) is 0 Å². The first-order chi connectivity index (χ1) is 22.8. The Hall–Kier alpha value is -5.12. The summed E-state index contributed by atoms with van der Waals surface area (Å²) in [5.41, 5.74) is 7.15. The smallest absolute Gasteiger partial charge is 0.0602 e. The summed E-state index contributed by atoms with van der Waals surface area (Å²) in [5.74, 6) is 0. The van der Waals surface area contributed by atoms with Gasteiger partial charge in [0, 0.05) is 0 Å². The summed E-state index contributed by atoms with van der Waals surface area (Å²) in [6.07, 6.45) is 0. The fraction of sp³-hybridized carbons (Fsp3) is 0. The molecule has 0 fully saturated rings. The molecule has 0 aliphatic rings. The summed E-state index contributed by atoms with van der Waals surface area (Å²) in [4.78, 5) is 2.49. The molecule has 0 amide bonds. The van der Waals surface area contributed by atoms with Gasteiger partial charge in [-0.05, 0) is 0 Å². The number of nitrogens with zero attached hydrogens (tertiary/aromatic N) is 2. The van der Waals surface area contributed by atoms with Crippen LogP contribution >= 0.6 is 11.3 Å². The number of hydrogen-bond donors (Lipinski definition) is 0. The van der Waals surface area contributed by atoms with Crippen molar-refractivity contribution in [3.63, 3.8) is 0 Å². The Morgan fingerprint density at radius 3 is 2.00 bits per heavy atom. The molecule has 0 bridgehead atoms. The maximum absolute atomic E-state index is 2.49. The van der Waals surface area contributed by atoms with E-state index in [2.05, 4.69) is 167 Å². The van der Waals surface area contributed by atoms with E-state index in [4.69, 9.17) is 0 Å². The monoisotopic (exact) mass is 670 g/mol. The van der Waals surface area contributed by atoms with Crippen LogP contribution in [0, 0.1) is 0 Å². The third-order valence-corrected chi connectivity index (χ3v) is 12.8. The van der Waals surface area contributed by atoms with Gasteiger partial charge in [-0.2, -0.15) is 0 Å². The number of fused-ring (bicyclic) bond motifs is 9. The van der Waals surface area contributed by atoms with Crippen LogP contribution in [0.15, 0.2) is 158 Å². The molecule has 0 saturated heterocycles. The Morgan fingerprint density at radius 2 is 1.11 bits per heavy atom. The molecule has 0 N–H and O–H groups in total. The Balaban J connectivity index is 1.27. The predicted molar refractivity (Wildman–Crippen MR) is 200 cm³/mol. The summed E-state index contributed by atoms with van der Waals surface area (Å²) in [5, 5.41) is 7.87. The van der Waals surface area contributed by atoms with Crippen molar-refractivity contribution in [1.82, 2.24) is 4.57 Å². The number of aromatic nitrogens is 1. The molecular formula is C42H26N2SSe. The molecule has 216 valence electrons. The molecule has 4 heteroatoms. The zero-order valence-electron chi connectivity index (χ0n) is 24.7. The first kappa shape index (κ1) is 26.1. The van der Waals surface area contributed by atoms with E-state index in [1.165, 1.54) is 78.3 Å². The van der Waals surface area contributed by atoms with Crippen LogP contribution in [0.25, 0.3) is 67.0 Å². The van der Waals surface area contributed by atoms with Crippen molar-refractivity contribution >= 4 is 104 Å². The number of anilines is 3. The van der Waals surface area contributed by atoms with Crippen molar-refractivity contribution in [2.75, 3.05) is 4.90 Å². The molecule has 10 rings (SSSR count). The summed E-state index contributed by atoms with van der Waals surface area (Å²) in [6, 6.07) is 58.1. The number of thiophene rings is 1. The maximum atomic E-state index is 2.49. The van der Waals surface area contributed by atoms with E-state index < -0.39 is 0 Å². The standard InChI is InChI=1S/C42H26N2SSe/c1-2-11-27(12-3-1)44-36-17-7-4-13-30(36)34-25-28(21-23-37(34)44)43(29-22-24-41-35(26-29)32-15-6-9-20-40(32)46-41)38-18-10-16-33-31-14-5-8-19-39(31)45-42(33)38/h1-26H. The van der Waals surface area contributed by atoms with E-state index >= 15 is 0 Å². The molecule has 0 aliphatic carbocycles. The molecule has 0 atom stereocenters. The van der Waals surface area contributed by atoms with E-state index in [0.29, 0.717) is 14.5 Å². The number of hydrogen-bond acceptors (Lipinski definition) is 2. The summed E-state index contributed by atoms with van der Waals surface area (Å²) >= 11 is 2.22. The zero-order valence-corrected chi connectivity index (χ0v) is 27.3. The second kappa shape index (κ2) is 10.2. The molecule has 10 aromatic rings.